The Kier molecular flexibility index (Phi) is 4.44. The SMILES string of the molecule is COC1CC(NS(=O)(=O)c2cccc(CO)c2C)C1(C)C. The third kappa shape index (κ3) is 2.85. The van der Waals surface area contributed by atoms with Crippen molar-refractivity contribution in [2.24, 2.45) is 5.41 Å². The zero-order valence-electron chi connectivity index (χ0n) is 12.9. The van der Waals surface area contributed by atoms with Gasteiger partial charge in [-0.1, -0.05) is 26.0 Å². The van der Waals surface area contributed by atoms with E-state index in [0.29, 0.717) is 17.5 Å². The van der Waals surface area contributed by atoms with E-state index >= 15 is 0 Å². The standard InChI is InChI=1S/C15H23NO4S/c1-10-11(9-17)6-5-7-12(10)21(18,19)16-13-8-14(20-4)15(13,2)3/h5-7,13-14,16-17H,8-9H2,1-4H3. The van der Waals surface area contributed by atoms with Crippen molar-refractivity contribution < 1.29 is 18.3 Å². The smallest absolute Gasteiger partial charge is 0.241 e. The Bertz CT molecular complexity index is 625. The Morgan fingerprint density at radius 3 is 2.62 bits per heavy atom. The van der Waals surface area contributed by atoms with Gasteiger partial charge in [-0.05, 0) is 30.5 Å². The van der Waals surface area contributed by atoms with Crippen LogP contribution >= 0.6 is 0 Å². The average molecular weight is 313 g/mol. The highest BCUT2D eigenvalue weighted by atomic mass is 32.2. The van der Waals surface area contributed by atoms with E-state index in [9.17, 15) is 13.5 Å². The summed E-state index contributed by atoms with van der Waals surface area (Å²) in [5, 5.41) is 9.27. The minimum atomic E-state index is -3.60. The van der Waals surface area contributed by atoms with Crippen molar-refractivity contribution in [3.8, 4) is 0 Å². The molecule has 1 aliphatic carbocycles. The van der Waals surface area contributed by atoms with Gasteiger partial charge in [-0.2, -0.15) is 0 Å². The van der Waals surface area contributed by atoms with Crippen LogP contribution < -0.4 is 4.72 Å². The van der Waals surface area contributed by atoms with Crippen LogP contribution in [0.15, 0.2) is 23.1 Å². The van der Waals surface area contributed by atoms with Gasteiger partial charge in [-0.15, -0.1) is 0 Å². The van der Waals surface area contributed by atoms with Crippen molar-refractivity contribution in [2.45, 2.75) is 50.8 Å². The molecule has 0 saturated heterocycles. The highest BCUT2D eigenvalue weighted by molar-refractivity contribution is 7.89. The zero-order chi connectivity index (χ0) is 15.8. The van der Waals surface area contributed by atoms with E-state index in [2.05, 4.69) is 4.72 Å². The molecule has 2 N–H and O–H groups in total. The normalized spacial score (nSPS) is 24.6. The van der Waals surface area contributed by atoms with Crippen molar-refractivity contribution in [3.63, 3.8) is 0 Å². The fraction of sp³-hybridized carbons (Fsp3) is 0.600. The number of benzene rings is 1. The molecule has 1 aliphatic rings. The summed E-state index contributed by atoms with van der Waals surface area (Å²) in [6.45, 7) is 5.53. The van der Waals surface area contributed by atoms with Crippen LogP contribution in [-0.4, -0.2) is 32.8 Å². The van der Waals surface area contributed by atoms with Crippen LogP contribution in [0.1, 0.15) is 31.4 Å². The van der Waals surface area contributed by atoms with E-state index in [4.69, 9.17) is 4.74 Å². The van der Waals surface area contributed by atoms with Gasteiger partial charge in [0.2, 0.25) is 10.0 Å². The number of hydrogen-bond acceptors (Lipinski definition) is 4. The molecule has 0 amide bonds. The molecule has 1 aromatic carbocycles. The maximum Gasteiger partial charge on any atom is 0.241 e. The van der Waals surface area contributed by atoms with Gasteiger partial charge in [-0.3, -0.25) is 0 Å². The van der Waals surface area contributed by atoms with Crippen LogP contribution in [0.2, 0.25) is 0 Å². The molecular formula is C15H23NO4S. The predicted octanol–water partition coefficient (Wildman–Crippen LogP) is 1.58. The summed E-state index contributed by atoms with van der Waals surface area (Å²) in [5.74, 6) is 0. The van der Waals surface area contributed by atoms with Gasteiger partial charge in [-0.25, -0.2) is 13.1 Å². The van der Waals surface area contributed by atoms with E-state index in [1.807, 2.05) is 13.8 Å². The second-order valence-electron chi connectivity index (χ2n) is 6.15. The maximum absolute atomic E-state index is 12.6. The summed E-state index contributed by atoms with van der Waals surface area (Å²) in [6, 6.07) is 4.79. The topological polar surface area (TPSA) is 75.6 Å². The second kappa shape index (κ2) is 5.68. The minimum absolute atomic E-state index is 0.0649. The molecule has 1 fully saturated rings. The Balaban J connectivity index is 2.25. The average Bonchev–Trinajstić information content (AvgIpc) is 2.43. The fourth-order valence-electron chi connectivity index (χ4n) is 2.86. The fourth-order valence-corrected chi connectivity index (χ4v) is 4.55. The van der Waals surface area contributed by atoms with Gasteiger partial charge in [0.05, 0.1) is 17.6 Å². The number of nitrogens with one attached hydrogen (secondary N) is 1. The molecule has 118 valence electrons. The van der Waals surface area contributed by atoms with Crippen LogP contribution in [0.5, 0.6) is 0 Å². The molecule has 0 aromatic heterocycles. The summed E-state index contributed by atoms with van der Waals surface area (Å²) in [6.07, 6.45) is 0.733. The maximum atomic E-state index is 12.6. The molecule has 0 heterocycles. The number of hydrogen-bond donors (Lipinski definition) is 2. The van der Waals surface area contributed by atoms with Crippen molar-refractivity contribution in [1.29, 1.82) is 0 Å². The number of rotatable bonds is 5. The summed E-state index contributed by atoms with van der Waals surface area (Å²) in [4.78, 5) is 0.228. The van der Waals surface area contributed by atoms with Gasteiger partial charge < -0.3 is 9.84 Å². The molecule has 1 aromatic rings. The van der Waals surface area contributed by atoms with Crippen LogP contribution in [0.4, 0.5) is 0 Å². The Hall–Kier alpha value is -0.950. The second-order valence-corrected chi connectivity index (χ2v) is 7.84. The highest BCUT2D eigenvalue weighted by Gasteiger charge is 2.50. The summed E-state index contributed by atoms with van der Waals surface area (Å²) >= 11 is 0. The number of aliphatic hydroxyl groups excluding tert-OH is 1. The minimum Gasteiger partial charge on any atom is -0.392 e. The lowest BCUT2D eigenvalue weighted by Gasteiger charge is -2.51. The molecule has 2 unspecified atom stereocenters. The molecule has 5 nitrogen and oxygen atoms in total. The molecule has 6 heteroatoms. The molecule has 0 aliphatic heterocycles. The molecule has 1 saturated carbocycles. The molecule has 0 radical (unpaired) electrons. The first-order valence-corrected chi connectivity index (χ1v) is 8.47. The summed E-state index contributed by atoms with van der Waals surface area (Å²) < 4.78 is 33.3. The van der Waals surface area contributed by atoms with Crippen LogP contribution in [0.3, 0.4) is 0 Å². The van der Waals surface area contributed by atoms with Crippen molar-refractivity contribution in [1.82, 2.24) is 4.72 Å². The van der Waals surface area contributed by atoms with E-state index in [1.165, 1.54) is 0 Å². The number of aliphatic hydroxyl groups is 1. The quantitative estimate of drug-likeness (QED) is 0.865. The first-order chi connectivity index (χ1) is 9.74. The summed E-state index contributed by atoms with van der Waals surface area (Å²) in [7, 11) is -1.96. The first kappa shape index (κ1) is 16.4. The lowest BCUT2D eigenvalue weighted by molar-refractivity contribution is -0.0908. The van der Waals surface area contributed by atoms with Crippen molar-refractivity contribution in [3.05, 3.63) is 29.3 Å². The molecule has 2 rings (SSSR count). The molecular weight excluding hydrogens is 290 g/mol. The van der Waals surface area contributed by atoms with Crippen LogP contribution in [0.25, 0.3) is 0 Å². The van der Waals surface area contributed by atoms with Crippen molar-refractivity contribution in [2.75, 3.05) is 7.11 Å². The van der Waals surface area contributed by atoms with E-state index < -0.39 is 10.0 Å². The van der Waals surface area contributed by atoms with Gasteiger partial charge in [0.15, 0.2) is 0 Å². The van der Waals surface area contributed by atoms with Gasteiger partial charge >= 0.3 is 0 Å². The monoisotopic (exact) mass is 313 g/mol. The molecule has 2 atom stereocenters. The van der Waals surface area contributed by atoms with E-state index in [1.54, 1.807) is 32.2 Å². The third-order valence-electron chi connectivity index (χ3n) is 4.62. The molecule has 0 spiro atoms. The van der Waals surface area contributed by atoms with Gasteiger partial charge in [0, 0.05) is 18.6 Å². The first-order valence-electron chi connectivity index (χ1n) is 6.98. The Morgan fingerprint density at radius 2 is 2.10 bits per heavy atom. The Morgan fingerprint density at radius 1 is 1.43 bits per heavy atom. The van der Waals surface area contributed by atoms with Gasteiger partial charge in [0.25, 0.3) is 0 Å². The third-order valence-corrected chi connectivity index (χ3v) is 6.23. The number of ether oxygens (including phenoxy) is 1. The van der Waals surface area contributed by atoms with Crippen LogP contribution in [0, 0.1) is 12.3 Å². The van der Waals surface area contributed by atoms with E-state index in [-0.39, 0.29) is 29.1 Å². The largest absolute Gasteiger partial charge is 0.392 e. The highest BCUT2D eigenvalue weighted by Crippen LogP contribution is 2.43. The van der Waals surface area contributed by atoms with Crippen molar-refractivity contribution >= 4 is 10.0 Å². The lowest BCUT2D eigenvalue weighted by Crippen LogP contribution is -2.61. The van der Waals surface area contributed by atoms with E-state index in [0.717, 1.165) is 0 Å². The zero-order valence-corrected chi connectivity index (χ0v) is 13.7. The predicted molar refractivity (Wildman–Crippen MR) is 80.4 cm³/mol. The molecule has 21 heavy (non-hydrogen) atoms. The Labute approximate surface area is 126 Å². The number of sulfonamides is 1. The lowest BCUT2D eigenvalue weighted by atomic mass is 9.65. The van der Waals surface area contributed by atoms with Gasteiger partial charge in [0.1, 0.15) is 0 Å². The number of methoxy groups -OCH3 is 1. The summed E-state index contributed by atoms with van der Waals surface area (Å²) in [5.41, 5.74) is 0.984. The molecule has 0 bridgehead atoms. The van der Waals surface area contributed by atoms with Crippen LogP contribution in [-0.2, 0) is 21.4 Å².